The summed E-state index contributed by atoms with van der Waals surface area (Å²) in [5, 5.41) is 8.21. The number of aliphatic carboxylic acids is 1. The molecule has 0 heterocycles. The molecule has 0 rings (SSSR count). The summed E-state index contributed by atoms with van der Waals surface area (Å²) < 4.78 is 0. The summed E-state index contributed by atoms with van der Waals surface area (Å²) in [6, 6.07) is 0. The van der Waals surface area contributed by atoms with E-state index >= 15 is 0 Å². The normalized spacial score (nSPS) is 11.2. The maximum atomic E-state index is 9.99. The van der Waals surface area contributed by atoms with Gasteiger partial charge in [-0.3, -0.25) is 0 Å². The van der Waals surface area contributed by atoms with Gasteiger partial charge in [0.25, 0.3) is 0 Å². The quantitative estimate of drug-likeness (QED) is 0.0489. The van der Waals surface area contributed by atoms with Crippen molar-refractivity contribution in [1.82, 2.24) is 0 Å². The molecule has 0 atom stereocenters. The first-order chi connectivity index (χ1) is 21.8. The first-order valence-corrected chi connectivity index (χ1v) is 20.3. The van der Waals surface area contributed by atoms with Crippen molar-refractivity contribution in [3.05, 3.63) is 12.2 Å². The predicted molar refractivity (Wildman–Crippen MR) is 219 cm³/mol. The maximum Gasteiger partial charge on any atom is 0.330 e. The molecule has 0 saturated heterocycles. The molecule has 0 saturated carbocycles. The lowest BCUT2D eigenvalue weighted by Crippen LogP contribution is -2.31. The molecule has 0 fully saturated rings. The van der Waals surface area contributed by atoms with Gasteiger partial charge >= 0.3 is 5.97 Å². The molecule has 286 valence electrons. The van der Waals surface area contributed by atoms with Crippen LogP contribution < -0.4 is 11.5 Å². The van der Waals surface area contributed by atoms with Crippen molar-refractivity contribution in [1.29, 1.82) is 0 Å². The van der Waals surface area contributed by atoms with Crippen LogP contribution in [0.1, 0.15) is 241 Å². The molecule has 0 aliphatic rings. The van der Waals surface area contributed by atoms with Crippen LogP contribution in [-0.4, -0.2) is 22.2 Å². The number of rotatable bonds is 31. The minimum absolute atomic E-state index is 0. The van der Waals surface area contributed by atoms with E-state index < -0.39 is 5.97 Å². The SMILES string of the molecule is Br.C=C(CCC)C(=O)O.CCCCCCCCCCCCCCCC(C)(C)N.CCCCCCCCCCCCCCCC(C)(C)N. The summed E-state index contributed by atoms with van der Waals surface area (Å²) in [4.78, 5) is 9.99. The van der Waals surface area contributed by atoms with Crippen LogP contribution in [0.3, 0.4) is 0 Å². The Labute approximate surface area is 307 Å². The lowest BCUT2D eigenvalue weighted by Gasteiger charge is -2.17. The van der Waals surface area contributed by atoms with Gasteiger partial charge in [0.1, 0.15) is 0 Å². The van der Waals surface area contributed by atoms with E-state index in [0.717, 1.165) is 6.42 Å². The summed E-state index contributed by atoms with van der Waals surface area (Å²) in [7, 11) is 0. The number of carboxylic acid groups (broad SMARTS) is 1. The van der Waals surface area contributed by atoms with Crippen molar-refractivity contribution in [3.63, 3.8) is 0 Å². The van der Waals surface area contributed by atoms with Gasteiger partial charge in [-0.15, -0.1) is 17.0 Å². The number of carboxylic acids is 1. The van der Waals surface area contributed by atoms with Gasteiger partial charge in [0.2, 0.25) is 0 Å². The second-order valence-corrected chi connectivity index (χ2v) is 15.6. The molecule has 0 aliphatic heterocycles. The smallest absolute Gasteiger partial charge is 0.330 e. The van der Waals surface area contributed by atoms with E-state index in [0.29, 0.717) is 12.0 Å². The lowest BCUT2D eigenvalue weighted by atomic mass is 9.97. The molecular weight excluding hydrogens is 644 g/mol. The van der Waals surface area contributed by atoms with E-state index in [-0.39, 0.29) is 28.1 Å². The highest BCUT2D eigenvalue weighted by Crippen LogP contribution is 2.16. The van der Waals surface area contributed by atoms with Crippen LogP contribution in [0.4, 0.5) is 0 Å². The molecule has 0 spiro atoms. The zero-order chi connectivity index (χ0) is 35.4. The van der Waals surface area contributed by atoms with E-state index in [2.05, 4.69) is 48.1 Å². The monoisotopic (exact) mass is 733 g/mol. The largest absolute Gasteiger partial charge is 0.478 e. The standard InChI is InChI=1S/2C18H39N.C6H10O2.BrH/c2*1-4-5-6-7-8-9-10-11-12-13-14-15-16-17-18(2,3)19;1-3-4-5(2)6(7)8;/h2*4-17,19H2,1-3H3;2-4H2,1H3,(H,7,8);1H. The maximum absolute atomic E-state index is 9.99. The zero-order valence-corrected chi connectivity index (χ0v) is 35.1. The molecule has 0 aromatic heterocycles. The molecule has 0 bridgehead atoms. The Balaban J connectivity index is -0.000000315. The summed E-state index contributed by atoms with van der Waals surface area (Å²) >= 11 is 0. The summed E-state index contributed by atoms with van der Waals surface area (Å²) in [6.45, 7) is 18.4. The molecule has 0 unspecified atom stereocenters. The van der Waals surface area contributed by atoms with Crippen molar-refractivity contribution in [2.75, 3.05) is 0 Å². The zero-order valence-electron chi connectivity index (χ0n) is 33.3. The third kappa shape index (κ3) is 58.2. The van der Waals surface area contributed by atoms with Crippen LogP contribution in [-0.2, 0) is 4.79 Å². The highest BCUT2D eigenvalue weighted by molar-refractivity contribution is 8.93. The molecule has 0 amide bonds. The van der Waals surface area contributed by atoms with Crippen LogP contribution in [0.2, 0.25) is 0 Å². The van der Waals surface area contributed by atoms with Crippen LogP contribution in [0, 0.1) is 0 Å². The third-order valence-electron chi connectivity index (χ3n) is 8.70. The van der Waals surface area contributed by atoms with E-state index in [1.807, 2.05) is 6.92 Å². The molecule has 5 N–H and O–H groups in total. The van der Waals surface area contributed by atoms with Gasteiger partial charge in [-0.05, 0) is 47.0 Å². The Morgan fingerprint density at radius 1 is 0.468 bits per heavy atom. The van der Waals surface area contributed by atoms with Crippen molar-refractivity contribution < 1.29 is 9.90 Å². The topological polar surface area (TPSA) is 89.3 Å². The number of hydrogen-bond acceptors (Lipinski definition) is 3. The van der Waals surface area contributed by atoms with Crippen LogP contribution in [0.5, 0.6) is 0 Å². The first kappa shape index (κ1) is 53.4. The van der Waals surface area contributed by atoms with Crippen LogP contribution >= 0.6 is 17.0 Å². The van der Waals surface area contributed by atoms with Gasteiger partial charge in [-0.2, -0.15) is 0 Å². The number of nitrogens with two attached hydrogens (primary N) is 2. The highest BCUT2D eigenvalue weighted by atomic mass is 79.9. The second kappa shape index (κ2) is 40.0. The van der Waals surface area contributed by atoms with E-state index in [1.54, 1.807) is 0 Å². The van der Waals surface area contributed by atoms with E-state index in [4.69, 9.17) is 16.6 Å². The predicted octanol–water partition coefficient (Wildman–Crippen LogP) is 14.4. The van der Waals surface area contributed by atoms with E-state index in [1.165, 1.54) is 180 Å². The van der Waals surface area contributed by atoms with Gasteiger partial charge in [0, 0.05) is 16.7 Å². The van der Waals surface area contributed by atoms with Crippen molar-refractivity contribution in [2.45, 2.75) is 252 Å². The van der Waals surface area contributed by atoms with Gasteiger partial charge in [0.15, 0.2) is 0 Å². The fourth-order valence-corrected chi connectivity index (χ4v) is 5.61. The third-order valence-corrected chi connectivity index (χ3v) is 8.70. The summed E-state index contributed by atoms with van der Waals surface area (Å²) in [5.74, 6) is -0.883. The minimum Gasteiger partial charge on any atom is -0.478 e. The molecule has 47 heavy (non-hydrogen) atoms. The van der Waals surface area contributed by atoms with Gasteiger partial charge in [-0.25, -0.2) is 4.79 Å². The molecule has 0 radical (unpaired) electrons. The fraction of sp³-hybridized carbons (Fsp3) is 0.929. The van der Waals surface area contributed by atoms with Crippen molar-refractivity contribution >= 4 is 23.0 Å². The van der Waals surface area contributed by atoms with Gasteiger partial charge in [0.05, 0.1) is 0 Å². The second-order valence-electron chi connectivity index (χ2n) is 15.6. The van der Waals surface area contributed by atoms with Crippen molar-refractivity contribution in [3.8, 4) is 0 Å². The molecular formula is C42H89BrN2O2. The van der Waals surface area contributed by atoms with E-state index in [9.17, 15) is 4.79 Å². The Morgan fingerprint density at radius 2 is 0.681 bits per heavy atom. The summed E-state index contributed by atoms with van der Waals surface area (Å²) in [5.41, 5.74) is 12.3. The molecule has 0 aromatic carbocycles. The number of hydrogen-bond donors (Lipinski definition) is 3. The first-order valence-electron chi connectivity index (χ1n) is 20.3. The van der Waals surface area contributed by atoms with Gasteiger partial charge in [-0.1, -0.05) is 201 Å². The molecule has 4 nitrogen and oxygen atoms in total. The van der Waals surface area contributed by atoms with Crippen molar-refractivity contribution in [2.24, 2.45) is 11.5 Å². The Morgan fingerprint density at radius 3 is 0.830 bits per heavy atom. The number of halogens is 1. The number of unbranched alkanes of at least 4 members (excludes halogenated alkanes) is 24. The summed E-state index contributed by atoms with van der Waals surface area (Å²) in [6.07, 6.45) is 40.8. The Kier molecular flexibility index (Phi) is 45.5. The highest BCUT2D eigenvalue weighted by Gasteiger charge is 2.09. The van der Waals surface area contributed by atoms with Crippen LogP contribution in [0.15, 0.2) is 12.2 Å². The lowest BCUT2D eigenvalue weighted by molar-refractivity contribution is -0.132. The average molecular weight is 734 g/mol. The Hall–Kier alpha value is -0.390. The Bertz CT molecular complexity index is 585. The van der Waals surface area contributed by atoms with Crippen LogP contribution in [0.25, 0.3) is 0 Å². The molecule has 0 aromatic rings. The molecule has 0 aliphatic carbocycles. The number of carbonyl (C=O) groups is 1. The minimum atomic E-state index is -0.883. The average Bonchev–Trinajstić information content (AvgIpc) is 2.97. The fourth-order valence-electron chi connectivity index (χ4n) is 5.61. The van der Waals surface area contributed by atoms with Gasteiger partial charge < -0.3 is 16.6 Å². The molecule has 5 heteroatoms.